The van der Waals surface area contributed by atoms with Crippen LogP contribution in [0, 0.1) is 0 Å². The molecule has 0 saturated carbocycles. The van der Waals surface area contributed by atoms with Crippen LogP contribution in [0.5, 0.6) is 0 Å². The standard InChI is InChI=1S/C12H26N2S/c1-4-15-9-8-14(11(2)3)10-12-6-5-7-13-12/h11-13H,4-10H2,1-3H3. The third kappa shape index (κ3) is 5.23. The van der Waals surface area contributed by atoms with Crippen LogP contribution in [0.25, 0.3) is 0 Å². The molecule has 1 fully saturated rings. The topological polar surface area (TPSA) is 15.3 Å². The summed E-state index contributed by atoms with van der Waals surface area (Å²) < 4.78 is 0. The van der Waals surface area contributed by atoms with Crippen molar-refractivity contribution in [3.8, 4) is 0 Å². The van der Waals surface area contributed by atoms with E-state index >= 15 is 0 Å². The average molecular weight is 230 g/mol. The molecule has 1 aliphatic rings. The van der Waals surface area contributed by atoms with Crippen LogP contribution in [-0.2, 0) is 0 Å². The smallest absolute Gasteiger partial charge is 0.0195 e. The summed E-state index contributed by atoms with van der Waals surface area (Å²) in [7, 11) is 0. The molecule has 2 nitrogen and oxygen atoms in total. The Morgan fingerprint density at radius 2 is 2.27 bits per heavy atom. The van der Waals surface area contributed by atoms with E-state index in [1.807, 2.05) is 11.8 Å². The highest BCUT2D eigenvalue weighted by Crippen LogP contribution is 2.10. The molecule has 0 aliphatic carbocycles. The fraction of sp³-hybridized carbons (Fsp3) is 1.00. The molecule has 0 spiro atoms. The minimum Gasteiger partial charge on any atom is -0.313 e. The van der Waals surface area contributed by atoms with Gasteiger partial charge in [-0.2, -0.15) is 11.8 Å². The number of thioether (sulfide) groups is 1. The van der Waals surface area contributed by atoms with Gasteiger partial charge in [-0.05, 0) is 39.0 Å². The van der Waals surface area contributed by atoms with Gasteiger partial charge in [-0.1, -0.05) is 6.92 Å². The zero-order chi connectivity index (χ0) is 11.1. The summed E-state index contributed by atoms with van der Waals surface area (Å²) in [6.45, 7) is 10.6. The first kappa shape index (κ1) is 13.3. The Kier molecular flexibility index (Phi) is 6.69. The number of nitrogens with zero attached hydrogens (tertiary/aromatic N) is 1. The molecule has 0 radical (unpaired) electrons. The van der Waals surface area contributed by atoms with Gasteiger partial charge < -0.3 is 5.32 Å². The Labute approximate surface area is 99.2 Å². The van der Waals surface area contributed by atoms with Crippen LogP contribution in [-0.4, -0.2) is 48.1 Å². The molecule has 0 aromatic carbocycles. The van der Waals surface area contributed by atoms with E-state index in [1.54, 1.807) is 0 Å². The van der Waals surface area contributed by atoms with Crippen molar-refractivity contribution >= 4 is 11.8 Å². The Hall–Kier alpha value is 0.270. The van der Waals surface area contributed by atoms with Gasteiger partial charge in [0.1, 0.15) is 0 Å². The summed E-state index contributed by atoms with van der Waals surface area (Å²) in [5, 5.41) is 3.58. The predicted molar refractivity (Wildman–Crippen MR) is 70.7 cm³/mol. The van der Waals surface area contributed by atoms with Gasteiger partial charge in [0.25, 0.3) is 0 Å². The molecule has 1 heterocycles. The molecular weight excluding hydrogens is 204 g/mol. The number of rotatable bonds is 7. The molecule has 90 valence electrons. The van der Waals surface area contributed by atoms with E-state index in [1.165, 1.54) is 44.0 Å². The Bertz CT molecular complexity index is 156. The van der Waals surface area contributed by atoms with Crippen LogP contribution in [0.3, 0.4) is 0 Å². The molecule has 1 aliphatic heterocycles. The summed E-state index contributed by atoms with van der Waals surface area (Å²) >= 11 is 2.05. The largest absolute Gasteiger partial charge is 0.313 e. The van der Waals surface area contributed by atoms with E-state index in [2.05, 4.69) is 31.0 Å². The first-order valence-corrected chi connectivity index (χ1v) is 7.44. The molecule has 1 rings (SSSR count). The van der Waals surface area contributed by atoms with Crippen LogP contribution in [0.1, 0.15) is 33.6 Å². The van der Waals surface area contributed by atoms with Gasteiger partial charge in [-0.25, -0.2) is 0 Å². The van der Waals surface area contributed by atoms with Crippen molar-refractivity contribution in [2.45, 2.75) is 45.7 Å². The first-order chi connectivity index (χ1) is 7.24. The Balaban J connectivity index is 2.22. The molecule has 1 atom stereocenters. The molecule has 1 unspecified atom stereocenters. The van der Waals surface area contributed by atoms with E-state index in [-0.39, 0.29) is 0 Å². The second-order valence-corrected chi connectivity index (χ2v) is 5.97. The fourth-order valence-electron chi connectivity index (χ4n) is 2.08. The predicted octanol–water partition coefficient (Wildman–Crippen LogP) is 2.20. The molecule has 0 bridgehead atoms. The zero-order valence-electron chi connectivity index (χ0n) is 10.5. The van der Waals surface area contributed by atoms with Gasteiger partial charge in [0, 0.05) is 30.9 Å². The van der Waals surface area contributed by atoms with Crippen molar-refractivity contribution in [2.75, 3.05) is 31.1 Å². The van der Waals surface area contributed by atoms with Gasteiger partial charge in [0.2, 0.25) is 0 Å². The fourth-order valence-corrected chi connectivity index (χ4v) is 2.73. The third-order valence-electron chi connectivity index (χ3n) is 3.07. The van der Waals surface area contributed by atoms with Crippen molar-refractivity contribution in [1.82, 2.24) is 10.2 Å². The van der Waals surface area contributed by atoms with E-state index in [4.69, 9.17) is 0 Å². The van der Waals surface area contributed by atoms with Crippen molar-refractivity contribution in [3.05, 3.63) is 0 Å². The first-order valence-electron chi connectivity index (χ1n) is 6.29. The molecule has 0 aromatic rings. The van der Waals surface area contributed by atoms with Crippen LogP contribution < -0.4 is 5.32 Å². The molecule has 1 N–H and O–H groups in total. The van der Waals surface area contributed by atoms with Gasteiger partial charge in [0.15, 0.2) is 0 Å². The summed E-state index contributed by atoms with van der Waals surface area (Å²) in [6.07, 6.45) is 2.73. The quantitative estimate of drug-likeness (QED) is 0.675. The maximum Gasteiger partial charge on any atom is 0.0195 e. The lowest BCUT2D eigenvalue weighted by Gasteiger charge is -2.29. The summed E-state index contributed by atoms with van der Waals surface area (Å²) in [5.74, 6) is 2.52. The highest BCUT2D eigenvalue weighted by atomic mass is 32.2. The minimum absolute atomic E-state index is 0.685. The zero-order valence-corrected chi connectivity index (χ0v) is 11.3. The molecule has 1 saturated heterocycles. The summed E-state index contributed by atoms with van der Waals surface area (Å²) in [5.41, 5.74) is 0. The van der Waals surface area contributed by atoms with Gasteiger partial charge in [0.05, 0.1) is 0 Å². The number of hydrogen-bond acceptors (Lipinski definition) is 3. The van der Waals surface area contributed by atoms with Crippen molar-refractivity contribution in [1.29, 1.82) is 0 Å². The van der Waals surface area contributed by atoms with E-state index < -0.39 is 0 Å². The lowest BCUT2D eigenvalue weighted by atomic mass is 10.2. The van der Waals surface area contributed by atoms with Crippen LogP contribution in [0.4, 0.5) is 0 Å². The van der Waals surface area contributed by atoms with Crippen LogP contribution in [0.15, 0.2) is 0 Å². The lowest BCUT2D eigenvalue weighted by molar-refractivity contribution is 0.215. The lowest BCUT2D eigenvalue weighted by Crippen LogP contribution is -2.42. The molecule has 0 amide bonds. The van der Waals surface area contributed by atoms with Gasteiger partial charge in [-0.15, -0.1) is 0 Å². The molecule has 15 heavy (non-hydrogen) atoms. The maximum absolute atomic E-state index is 3.58. The van der Waals surface area contributed by atoms with Crippen molar-refractivity contribution < 1.29 is 0 Å². The summed E-state index contributed by atoms with van der Waals surface area (Å²) in [4.78, 5) is 2.62. The Morgan fingerprint density at radius 1 is 1.47 bits per heavy atom. The van der Waals surface area contributed by atoms with Crippen LogP contribution >= 0.6 is 11.8 Å². The molecular formula is C12H26N2S. The number of hydrogen-bond donors (Lipinski definition) is 1. The van der Waals surface area contributed by atoms with E-state index in [0.717, 1.165) is 6.04 Å². The number of nitrogens with one attached hydrogen (secondary N) is 1. The third-order valence-corrected chi connectivity index (χ3v) is 3.95. The van der Waals surface area contributed by atoms with E-state index in [0.29, 0.717) is 6.04 Å². The van der Waals surface area contributed by atoms with Gasteiger partial charge in [-0.3, -0.25) is 4.90 Å². The highest BCUT2D eigenvalue weighted by Gasteiger charge is 2.18. The Morgan fingerprint density at radius 3 is 2.80 bits per heavy atom. The van der Waals surface area contributed by atoms with Gasteiger partial charge >= 0.3 is 0 Å². The second-order valence-electron chi connectivity index (χ2n) is 4.58. The van der Waals surface area contributed by atoms with Crippen LogP contribution in [0.2, 0.25) is 0 Å². The average Bonchev–Trinajstić information content (AvgIpc) is 2.69. The molecule has 3 heteroatoms. The minimum atomic E-state index is 0.685. The summed E-state index contributed by atoms with van der Waals surface area (Å²) in [6, 6.07) is 1.43. The van der Waals surface area contributed by atoms with E-state index in [9.17, 15) is 0 Å². The maximum atomic E-state index is 3.58. The highest BCUT2D eigenvalue weighted by molar-refractivity contribution is 7.99. The SMILES string of the molecule is CCSCCN(CC1CCCN1)C(C)C. The second kappa shape index (κ2) is 7.53. The normalized spacial score (nSPS) is 21.8. The van der Waals surface area contributed by atoms with Crippen molar-refractivity contribution in [3.63, 3.8) is 0 Å². The monoisotopic (exact) mass is 230 g/mol. The molecule has 0 aromatic heterocycles. The van der Waals surface area contributed by atoms with Crippen molar-refractivity contribution in [2.24, 2.45) is 0 Å².